The average molecular weight is 298 g/mol. The molecule has 6 nitrogen and oxygen atoms in total. The highest BCUT2D eigenvalue weighted by molar-refractivity contribution is 5.56. The Balaban J connectivity index is 1.84. The lowest BCUT2D eigenvalue weighted by molar-refractivity contribution is 0.418. The minimum Gasteiger partial charge on any atom is -0.328 e. The molecule has 0 aliphatic carbocycles. The minimum absolute atomic E-state index is 0.267. The maximum absolute atomic E-state index is 4.58. The van der Waals surface area contributed by atoms with Gasteiger partial charge in [-0.05, 0) is 33.8 Å². The molecule has 116 valence electrons. The molecular formula is C16H22N6. The summed E-state index contributed by atoms with van der Waals surface area (Å²) in [5.41, 5.74) is 4.43. The summed E-state index contributed by atoms with van der Waals surface area (Å²) in [6.45, 7) is 10.1. The first-order valence-electron chi connectivity index (χ1n) is 7.64. The fraction of sp³-hybridized carbons (Fsp3) is 0.438. The standard InChI is InChI=1S/C16H22N6/c1-5-21-10-15(7-18-21)16-8-17-11-20(16)9-14(4)22-13(3)6-12(2)19-22/h6-8,10-11,14H,5,9H2,1-4H3/t14-/m1/s1. The van der Waals surface area contributed by atoms with Crippen LogP contribution >= 0.6 is 0 Å². The Hall–Kier alpha value is -2.37. The molecule has 3 aromatic heterocycles. The number of aromatic nitrogens is 6. The summed E-state index contributed by atoms with van der Waals surface area (Å²) in [5.74, 6) is 0. The molecule has 0 spiro atoms. The van der Waals surface area contributed by atoms with Gasteiger partial charge in [0.15, 0.2) is 0 Å². The second-order valence-electron chi connectivity index (χ2n) is 5.74. The van der Waals surface area contributed by atoms with Crippen LogP contribution in [0.5, 0.6) is 0 Å². The summed E-state index contributed by atoms with van der Waals surface area (Å²) < 4.78 is 6.17. The van der Waals surface area contributed by atoms with Gasteiger partial charge in [-0.15, -0.1) is 0 Å². The van der Waals surface area contributed by atoms with E-state index >= 15 is 0 Å². The zero-order valence-corrected chi connectivity index (χ0v) is 13.6. The van der Waals surface area contributed by atoms with Gasteiger partial charge in [0, 0.05) is 30.5 Å². The molecule has 0 saturated heterocycles. The van der Waals surface area contributed by atoms with Crippen molar-refractivity contribution >= 4 is 0 Å². The highest BCUT2D eigenvalue weighted by Gasteiger charge is 2.13. The molecular weight excluding hydrogens is 276 g/mol. The fourth-order valence-corrected chi connectivity index (χ4v) is 2.83. The molecule has 6 heteroatoms. The van der Waals surface area contributed by atoms with Crippen molar-refractivity contribution in [3.63, 3.8) is 0 Å². The molecule has 0 saturated carbocycles. The summed E-state index contributed by atoms with van der Waals surface area (Å²) >= 11 is 0. The smallest absolute Gasteiger partial charge is 0.0951 e. The highest BCUT2D eigenvalue weighted by atomic mass is 15.3. The molecule has 0 radical (unpaired) electrons. The Bertz CT molecular complexity index is 763. The van der Waals surface area contributed by atoms with Gasteiger partial charge in [0.25, 0.3) is 0 Å². The predicted octanol–water partition coefficient (Wildman–Crippen LogP) is 2.84. The van der Waals surface area contributed by atoms with Crippen LogP contribution < -0.4 is 0 Å². The van der Waals surface area contributed by atoms with E-state index in [1.807, 2.05) is 30.3 Å². The summed E-state index contributed by atoms with van der Waals surface area (Å²) in [6, 6.07) is 2.37. The van der Waals surface area contributed by atoms with Crippen LogP contribution in [0.1, 0.15) is 31.3 Å². The van der Waals surface area contributed by atoms with Crippen LogP contribution in [0.15, 0.2) is 31.0 Å². The third-order valence-electron chi connectivity index (χ3n) is 3.89. The molecule has 1 atom stereocenters. The van der Waals surface area contributed by atoms with Gasteiger partial charge in [0.05, 0.1) is 36.2 Å². The number of rotatable bonds is 5. The first-order valence-corrected chi connectivity index (χ1v) is 7.64. The quantitative estimate of drug-likeness (QED) is 0.728. The fourth-order valence-electron chi connectivity index (χ4n) is 2.83. The van der Waals surface area contributed by atoms with Crippen LogP contribution in [0, 0.1) is 13.8 Å². The highest BCUT2D eigenvalue weighted by Crippen LogP contribution is 2.21. The molecule has 0 unspecified atom stereocenters. The molecule has 0 aliphatic rings. The van der Waals surface area contributed by atoms with E-state index in [4.69, 9.17) is 0 Å². The molecule has 3 aromatic rings. The van der Waals surface area contributed by atoms with Gasteiger partial charge < -0.3 is 4.57 Å². The third kappa shape index (κ3) is 2.68. The number of hydrogen-bond donors (Lipinski definition) is 0. The van der Waals surface area contributed by atoms with Gasteiger partial charge >= 0.3 is 0 Å². The van der Waals surface area contributed by atoms with Gasteiger partial charge in [-0.2, -0.15) is 10.2 Å². The molecule has 3 heterocycles. The second kappa shape index (κ2) is 5.79. The van der Waals surface area contributed by atoms with Crippen LogP contribution in [0.25, 0.3) is 11.3 Å². The number of imidazole rings is 1. The van der Waals surface area contributed by atoms with E-state index in [1.54, 1.807) is 0 Å². The predicted molar refractivity (Wildman–Crippen MR) is 85.5 cm³/mol. The summed E-state index contributed by atoms with van der Waals surface area (Å²) in [4.78, 5) is 4.30. The molecule has 22 heavy (non-hydrogen) atoms. The maximum Gasteiger partial charge on any atom is 0.0951 e. The van der Waals surface area contributed by atoms with Crippen LogP contribution in [0.2, 0.25) is 0 Å². The van der Waals surface area contributed by atoms with E-state index in [-0.39, 0.29) is 6.04 Å². The SMILES string of the molecule is CCn1cc(-c2cncn2C[C@@H](C)n2nc(C)cc2C)cn1. The van der Waals surface area contributed by atoms with E-state index < -0.39 is 0 Å². The zero-order chi connectivity index (χ0) is 15.7. The molecule has 0 aliphatic heterocycles. The van der Waals surface area contributed by atoms with Crippen molar-refractivity contribution in [2.45, 2.75) is 46.8 Å². The lowest BCUT2D eigenvalue weighted by atomic mass is 10.2. The summed E-state index contributed by atoms with van der Waals surface area (Å²) in [6.07, 6.45) is 7.72. The van der Waals surface area contributed by atoms with Crippen molar-refractivity contribution in [1.82, 2.24) is 29.1 Å². The van der Waals surface area contributed by atoms with Gasteiger partial charge in [0.2, 0.25) is 0 Å². The number of nitrogens with zero attached hydrogens (tertiary/aromatic N) is 6. The molecule has 0 aromatic carbocycles. The molecule has 0 amide bonds. The lowest BCUT2D eigenvalue weighted by Gasteiger charge is -2.16. The van der Waals surface area contributed by atoms with Gasteiger partial charge in [-0.1, -0.05) is 0 Å². The monoisotopic (exact) mass is 298 g/mol. The molecule has 0 fully saturated rings. The summed E-state index contributed by atoms with van der Waals surface area (Å²) in [5, 5.41) is 8.92. The van der Waals surface area contributed by atoms with E-state index in [1.165, 1.54) is 5.69 Å². The molecule has 3 rings (SSSR count). The van der Waals surface area contributed by atoms with E-state index in [0.717, 1.165) is 30.0 Å². The van der Waals surface area contributed by atoms with Crippen molar-refractivity contribution < 1.29 is 0 Å². The van der Waals surface area contributed by atoms with Crippen molar-refractivity contribution in [3.05, 3.63) is 42.4 Å². The number of aryl methyl sites for hydroxylation is 3. The largest absolute Gasteiger partial charge is 0.328 e. The Labute approximate surface area is 130 Å². The van der Waals surface area contributed by atoms with E-state index in [9.17, 15) is 0 Å². The van der Waals surface area contributed by atoms with Crippen LogP contribution in [-0.4, -0.2) is 29.1 Å². The molecule has 0 N–H and O–H groups in total. The Morgan fingerprint density at radius 3 is 2.68 bits per heavy atom. The van der Waals surface area contributed by atoms with Crippen molar-refractivity contribution in [2.24, 2.45) is 0 Å². The van der Waals surface area contributed by atoms with Crippen molar-refractivity contribution in [2.75, 3.05) is 0 Å². The van der Waals surface area contributed by atoms with E-state index in [0.29, 0.717) is 0 Å². The van der Waals surface area contributed by atoms with Crippen molar-refractivity contribution in [1.29, 1.82) is 0 Å². The van der Waals surface area contributed by atoms with Crippen LogP contribution in [0.3, 0.4) is 0 Å². The van der Waals surface area contributed by atoms with Crippen LogP contribution in [-0.2, 0) is 13.1 Å². The third-order valence-corrected chi connectivity index (χ3v) is 3.89. The first kappa shape index (κ1) is 14.6. The molecule has 0 bridgehead atoms. The van der Waals surface area contributed by atoms with Crippen LogP contribution in [0.4, 0.5) is 0 Å². The Morgan fingerprint density at radius 2 is 2.05 bits per heavy atom. The van der Waals surface area contributed by atoms with Gasteiger partial charge in [-0.25, -0.2) is 4.98 Å². The zero-order valence-electron chi connectivity index (χ0n) is 13.6. The normalized spacial score (nSPS) is 12.7. The second-order valence-corrected chi connectivity index (χ2v) is 5.74. The van der Waals surface area contributed by atoms with Gasteiger partial charge in [-0.3, -0.25) is 9.36 Å². The van der Waals surface area contributed by atoms with Gasteiger partial charge in [0.1, 0.15) is 0 Å². The summed E-state index contributed by atoms with van der Waals surface area (Å²) in [7, 11) is 0. The Morgan fingerprint density at radius 1 is 1.23 bits per heavy atom. The Kier molecular flexibility index (Phi) is 3.83. The average Bonchev–Trinajstić information content (AvgIpc) is 3.18. The van der Waals surface area contributed by atoms with Crippen molar-refractivity contribution in [3.8, 4) is 11.3 Å². The lowest BCUT2D eigenvalue weighted by Crippen LogP contribution is -2.15. The maximum atomic E-state index is 4.58. The number of hydrogen-bond acceptors (Lipinski definition) is 3. The topological polar surface area (TPSA) is 53.5 Å². The van der Waals surface area contributed by atoms with E-state index in [2.05, 4.69) is 57.5 Å². The first-order chi connectivity index (χ1) is 10.6. The minimum atomic E-state index is 0.267.